The Labute approximate surface area is 190 Å². The topological polar surface area (TPSA) is 96.0 Å². The van der Waals surface area contributed by atoms with Gasteiger partial charge in [0.15, 0.2) is 6.61 Å². The summed E-state index contributed by atoms with van der Waals surface area (Å²) in [6.07, 6.45) is 0. The highest BCUT2D eigenvalue weighted by atomic mass is 32.2. The number of ether oxygens (including phenoxy) is 1. The van der Waals surface area contributed by atoms with Crippen LogP contribution in [0.25, 0.3) is 0 Å². The van der Waals surface area contributed by atoms with Crippen molar-refractivity contribution in [1.82, 2.24) is 9.62 Å². The summed E-state index contributed by atoms with van der Waals surface area (Å²) in [5.41, 5.74) is 1.55. The van der Waals surface area contributed by atoms with Crippen LogP contribution in [0.5, 0.6) is 0 Å². The van der Waals surface area contributed by atoms with Gasteiger partial charge in [-0.15, -0.1) is 0 Å². The molecule has 0 unspecified atom stereocenters. The molecule has 2 aromatic rings. The van der Waals surface area contributed by atoms with Crippen molar-refractivity contribution in [3.05, 3.63) is 59.7 Å². The maximum atomic E-state index is 12.3. The first-order chi connectivity index (χ1) is 14.8. The van der Waals surface area contributed by atoms with Crippen LogP contribution in [0.3, 0.4) is 0 Å². The number of benzene rings is 2. The molecule has 0 atom stereocenters. The molecule has 0 aliphatic rings. The molecule has 0 saturated carbocycles. The van der Waals surface area contributed by atoms with Gasteiger partial charge in [0.2, 0.25) is 10.0 Å². The number of rotatable bonds is 8. The fraction of sp³-hybridized carbons (Fsp3) is 0.391. The van der Waals surface area contributed by atoms with Crippen molar-refractivity contribution in [3.8, 4) is 0 Å². The molecule has 0 aliphatic carbocycles. The van der Waals surface area contributed by atoms with Gasteiger partial charge in [0, 0.05) is 38.9 Å². The Morgan fingerprint density at radius 2 is 1.50 bits per heavy atom. The molecule has 0 saturated heterocycles. The third kappa shape index (κ3) is 7.35. The average molecular weight is 462 g/mol. The van der Waals surface area contributed by atoms with E-state index in [1.54, 1.807) is 27.8 Å². The van der Waals surface area contributed by atoms with Crippen molar-refractivity contribution in [2.45, 2.75) is 37.8 Å². The lowest BCUT2D eigenvalue weighted by Crippen LogP contribution is -2.40. The van der Waals surface area contributed by atoms with Crippen molar-refractivity contribution in [2.75, 3.05) is 32.6 Å². The second kappa shape index (κ2) is 10.1. The van der Waals surface area contributed by atoms with Gasteiger partial charge in [-0.25, -0.2) is 17.9 Å². The Morgan fingerprint density at radius 1 is 0.938 bits per heavy atom. The molecule has 1 amide bonds. The molecule has 32 heavy (non-hydrogen) atoms. The van der Waals surface area contributed by atoms with E-state index in [0.29, 0.717) is 6.54 Å². The van der Waals surface area contributed by atoms with Crippen LogP contribution in [0.4, 0.5) is 5.69 Å². The minimum atomic E-state index is -3.70. The Balaban J connectivity index is 1.91. The number of hydrogen-bond donors (Lipinski definition) is 1. The summed E-state index contributed by atoms with van der Waals surface area (Å²) < 4.78 is 32.3. The average Bonchev–Trinajstić information content (AvgIpc) is 2.70. The third-order valence-corrected chi connectivity index (χ3v) is 6.24. The number of sulfonamides is 1. The van der Waals surface area contributed by atoms with Gasteiger partial charge in [0.05, 0.1) is 10.5 Å². The van der Waals surface area contributed by atoms with E-state index in [1.807, 2.05) is 43.3 Å². The van der Waals surface area contributed by atoms with E-state index in [0.717, 1.165) is 11.3 Å². The number of anilines is 1. The van der Waals surface area contributed by atoms with E-state index in [1.165, 1.54) is 29.2 Å². The Morgan fingerprint density at radius 3 is 2.00 bits per heavy atom. The minimum Gasteiger partial charge on any atom is -0.452 e. The van der Waals surface area contributed by atoms with Crippen LogP contribution in [-0.4, -0.2) is 58.5 Å². The molecule has 1 N–H and O–H groups in total. The van der Waals surface area contributed by atoms with Crippen LogP contribution < -0.4 is 9.62 Å². The molecule has 0 heterocycles. The van der Waals surface area contributed by atoms with Gasteiger partial charge >= 0.3 is 5.97 Å². The predicted molar refractivity (Wildman–Crippen MR) is 124 cm³/mol. The lowest BCUT2D eigenvalue weighted by Gasteiger charge is -2.20. The van der Waals surface area contributed by atoms with Gasteiger partial charge in [-0.05, 0) is 62.7 Å². The van der Waals surface area contributed by atoms with E-state index < -0.39 is 28.1 Å². The number of carbonyl (C=O) groups is 2. The summed E-state index contributed by atoms with van der Waals surface area (Å²) >= 11 is 0. The normalized spacial score (nSPS) is 11.7. The van der Waals surface area contributed by atoms with Crippen molar-refractivity contribution in [3.63, 3.8) is 0 Å². The third-order valence-electron chi connectivity index (χ3n) is 4.47. The van der Waals surface area contributed by atoms with E-state index >= 15 is 0 Å². The minimum absolute atomic E-state index is 0.0417. The van der Waals surface area contributed by atoms with Gasteiger partial charge in [-0.1, -0.05) is 12.1 Å². The van der Waals surface area contributed by atoms with E-state index in [-0.39, 0.29) is 16.4 Å². The standard InChI is InChI=1S/C23H31N3O5S/c1-23(2,3)24-32(29,30)20-13-9-18(10-14-20)22(28)31-16-21(27)26(6)15-17-7-11-19(12-8-17)25(4)5/h7-14,24H,15-16H2,1-6H3. The summed E-state index contributed by atoms with van der Waals surface area (Å²) in [5, 5.41) is 0. The number of carbonyl (C=O) groups excluding carboxylic acids is 2. The molecule has 9 heteroatoms. The van der Waals surface area contributed by atoms with Crippen molar-refractivity contribution in [2.24, 2.45) is 0 Å². The van der Waals surface area contributed by atoms with Crippen LogP contribution >= 0.6 is 0 Å². The summed E-state index contributed by atoms with van der Waals surface area (Å²) in [5.74, 6) is -1.04. The predicted octanol–water partition coefficient (Wildman–Crippen LogP) is 2.64. The van der Waals surface area contributed by atoms with Crippen molar-refractivity contribution >= 4 is 27.6 Å². The molecule has 0 spiro atoms. The number of likely N-dealkylation sites (N-methyl/N-ethyl adjacent to an activating group) is 1. The van der Waals surface area contributed by atoms with Gasteiger partial charge in [-0.3, -0.25) is 4.79 Å². The summed E-state index contributed by atoms with van der Waals surface area (Å²) in [7, 11) is 1.84. The van der Waals surface area contributed by atoms with E-state index in [2.05, 4.69) is 4.72 Å². The number of hydrogen-bond acceptors (Lipinski definition) is 6. The first-order valence-corrected chi connectivity index (χ1v) is 11.6. The van der Waals surface area contributed by atoms with Crippen LogP contribution in [0.2, 0.25) is 0 Å². The van der Waals surface area contributed by atoms with Gasteiger partial charge in [0.1, 0.15) is 0 Å². The molecule has 2 rings (SSSR count). The molecule has 174 valence electrons. The lowest BCUT2D eigenvalue weighted by molar-refractivity contribution is -0.133. The molecule has 0 radical (unpaired) electrons. The van der Waals surface area contributed by atoms with Crippen LogP contribution in [0.1, 0.15) is 36.7 Å². The quantitative estimate of drug-likeness (QED) is 0.607. The zero-order chi connectivity index (χ0) is 24.1. The first kappa shape index (κ1) is 25.4. The molecule has 0 aliphatic heterocycles. The first-order valence-electron chi connectivity index (χ1n) is 10.1. The van der Waals surface area contributed by atoms with Gasteiger partial charge in [0.25, 0.3) is 5.91 Å². The molecular formula is C23H31N3O5S. The number of esters is 1. The highest BCUT2D eigenvalue weighted by molar-refractivity contribution is 7.89. The van der Waals surface area contributed by atoms with Gasteiger partial charge < -0.3 is 14.5 Å². The second-order valence-electron chi connectivity index (χ2n) is 8.77. The van der Waals surface area contributed by atoms with E-state index in [4.69, 9.17) is 4.74 Å². The zero-order valence-electron chi connectivity index (χ0n) is 19.4. The molecular weight excluding hydrogens is 430 g/mol. The van der Waals surface area contributed by atoms with E-state index in [9.17, 15) is 18.0 Å². The van der Waals surface area contributed by atoms with Crippen LogP contribution in [0.15, 0.2) is 53.4 Å². The molecule has 8 nitrogen and oxygen atoms in total. The van der Waals surface area contributed by atoms with Gasteiger partial charge in [-0.2, -0.15) is 0 Å². The van der Waals surface area contributed by atoms with Crippen LogP contribution in [-0.2, 0) is 26.1 Å². The maximum Gasteiger partial charge on any atom is 0.338 e. The largest absolute Gasteiger partial charge is 0.452 e. The smallest absolute Gasteiger partial charge is 0.338 e. The fourth-order valence-electron chi connectivity index (χ4n) is 2.81. The lowest BCUT2D eigenvalue weighted by atomic mass is 10.1. The fourth-order valence-corrected chi connectivity index (χ4v) is 4.23. The SMILES string of the molecule is CN(Cc1ccc(N(C)C)cc1)C(=O)COC(=O)c1ccc(S(=O)(=O)NC(C)(C)C)cc1. The number of nitrogens with zero attached hydrogens (tertiary/aromatic N) is 2. The number of nitrogens with one attached hydrogen (secondary N) is 1. The Hall–Kier alpha value is -2.91. The Bertz CT molecular complexity index is 1040. The molecule has 0 fully saturated rings. The zero-order valence-corrected chi connectivity index (χ0v) is 20.2. The summed E-state index contributed by atoms with van der Waals surface area (Å²) in [4.78, 5) is 28.1. The summed E-state index contributed by atoms with van der Waals surface area (Å²) in [6, 6.07) is 13.2. The second-order valence-corrected chi connectivity index (χ2v) is 10.4. The molecule has 0 bridgehead atoms. The highest BCUT2D eigenvalue weighted by Gasteiger charge is 2.22. The number of amides is 1. The monoisotopic (exact) mass is 461 g/mol. The van der Waals surface area contributed by atoms with Crippen molar-refractivity contribution in [1.29, 1.82) is 0 Å². The maximum absolute atomic E-state index is 12.3. The highest BCUT2D eigenvalue weighted by Crippen LogP contribution is 2.15. The van der Waals surface area contributed by atoms with Crippen LogP contribution in [0, 0.1) is 0 Å². The molecule has 2 aromatic carbocycles. The Kier molecular flexibility index (Phi) is 8.03. The summed E-state index contributed by atoms with van der Waals surface area (Å²) in [6.45, 7) is 5.20. The van der Waals surface area contributed by atoms with Crippen molar-refractivity contribution < 1.29 is 22.7 Å². The molecule has 0 aromatic heterocycles.